The first-order valence-corrected chi connectivity index (χ1v) is 7.45. The molecule has 1 aliphatic heterocycles. The molecule has 3 rings (SSSR count). The fourth-order valence-electron chi connectivity index (χ4n) is 2.20. The lowest BCUT2D eigenvalue weighted by Gasteiger charge is -2.14. The lowest BCUT2D eigenvalue weighted by molar-refractivity contribution is 0.297. The van der Waals surface area contributed by atoms with Crippen molar-refractivity contribution in [2.24, 2.45) is 0 Å². The molecule has 2 aromatic rings. The second-order valence-electron chi connectivity index (χ2n) is 4.79. The van der Waals surface area contributed by atoms with Crippen LogP contribution in [0.15, 0.2) is 36.4 Å². The first kappa shape index (κ1) is 14.5. The van der Waals surface area contributed by atoms with Crippen molar-refractivity contribution in [1.29, 1.82) is 0 Å². The Bertz CT molecular complexity index is 661. The van der Waals surface area contributed by atoms with E-state index in [1.54, 1.807) is 6.07 Å². The summed E-state index contributed by atoms with van der Waals surface area (Å²) in [6.07, 6.45) is 0.844. The summed E-state index contributed by atoms with van der Waals surface area (Å²) in [7, 11) is 0. The fourth-order valence-corrected chi connectivity index (χ4v) is 2.59. The molecular weight excluding hydrogens is 314 g/mol. The van der Waals surface area contributed by atoms with Crippen molar-refractivity contribution in [3.8, 4) is 11.5 Å². The third-order valence-corrected chi connectivity index (χ3v) is 4.11. The Morgan fingerprint density at radius 1 is 0.952 bits per heavy atom. The number of alkyl halides is 1. The molecule has 2 aromatic carbocycles. The normalized spacial score (nSPS) is 15.4. The standard InChI is InChI=1S/C16H13Cl2FO2/c17-12-4-2-10(8-13(12)19)16(18)11-3-5-14-15(9-11)21-7-1-6-20-14/h2-5,8-9,16H,1,6-7H2. The highest BCUT2D eigenvalue weighted by Crippen LogP contribution is 2.37. The molecule has 1 unspecified atom stereocenters. The van der Waals surface area contributed by atoms with E-state index >= 15 is 0 Å². The summed E-state index contributed by atoms with van der Waals surface area (Å²) >= 11 is 12.1. The maximum absolute atomic E-state index is 13.5. The minimum atomic E-state index is -0.478. The van der Waals surface area contributed by atoms with E-state index in [2.05, 4.69) is 0 Å². The van der Waals surface area contributed by atoms with E-state index in [-0.39, 0.29) is 5.02 Å². The summed E-state index contributed by atoms with van der Waals surface area (Å²) in [6, 6.07) is 10.1. The number of hydrogen-bond donors (Lipinski definition) is 0. The van der Waals surface area contributed by atoms with Crippen LogP contribution in [0, 0.1) is 5.82 Å². The molecule has 0 saturated heterocycles. The lowest BCUT2D eigenvalue weighted by Crippen LogP contribution is -1.98. The van der Waals surface area contributed by atoms with Gasteiger partial charge in [0, 0.05) is 6.42 Å². The summed E-state index contributed by atoms with van der Waals surface area (Å²) < 4.78 is 24.8. The fraction of sp³-hybridized carbons (Fsp3) is 0.250. The van der Waals surface area contributed by atoms with Crippen LogP contribution in [-0.2, 0) is 0 Å². The second kappa shape index (κ2) is 6.12. The van der Waals surface area contributed by atoms with E-state index in [9.17, 15) is 4.39 Å². The number of fused-ring (bicyclic) bond motifs is 1. The van der Waals surface area contributed by atoms with Crippen LogP contribution in [0.25, 0.3) is 0 Å². The van der Waals surface area contributed by atoms with Gasteiger partial charge in [-0.3, -0.25) is 0 Å². The van der Waals surface area contributed by atoms with E-state index in [1.165, 1.54) is 12.1 Å². The minimum Gasteiger partial charge on any atom is -0.490 e. The Kier molecular flexibility index (Phi) is 4.22. The van der Waals surface area contributed by atoms with Gasteiger partial charge in [0.25, 0.3) is 0 Å². The van der Waals surface area contributed by atoms with E-state index in [4.69, 9.17) is 32.7 Å². The number of benzene rings is 2. The summed E-state index contributed by atoms with van der Waals surface area (Å²) in [6.45, 7) is 1.25. The van der Waals surface area contributed by atoms with E-state index in [1.807, 2.05) is 18.2 Å². The maximum Gasteiger partial charge on any atom is 0.161 e. The van der Waals surface area contributed by atoms with Gasteiger partial charge in [0.2, 0.25) is 0 Å². The molecule has 0 bridgehead atoms. The van der Waals surface area contributed by atoms with Crippen molar-refractivity contribution in [1.82, 2.24) is 0 Å². The minimum absolute atomic E-state index is 0.0845. The van der Waals surface area contributed by atoms with Crippen LogP contribution in [0.2, 0.25) is 5.02 Å². The van der Waals surface area contributed by atoms with Crippen LogP contribution < -0.4 is 9.47 Å². The molecule has 0 fully saturated rings. The van der Waals surface area contributed by atoms with E-state index in [0.29, 0.717) is 30.3 Å². The monoisotopic (exact) mass is 326 g/mol. The Hall–Kier alpha value is -1.45. The molecule has 1 aliphatic rings. The molecule has 1 heterocycles. The van der Waals surface area contributed by atoms with Crippen molar-refractivity contribution >= 4 is 23.2 Å². The van der Waals surface area contributed by atoms with Gasteiger partial charge >= 0.3 is 0 Å². The molecule has 0 aromatic heterocycles. The van der Waals surface area contributed by atoms with Gasteiger partial charge in [0.05, 0.1) is 23.6 Å². The Balaban J connectivity index is 1.92. The summed E-state index contributed by atoms with van der Waals surface area (Å²) in [5.41, 5.74) is 1.47. The van der Waals surface area contributed by atoms with Crippen molar-refractivity contribution in [2.45, 2.75) is 11.8 Å². The Morgan fingerprint density at radius 2 is 1.62 bits per heavy atom. The highest BCUT2D eigenvalue weighted by Gasteiger charge is 2.17. The average molecular weight is 327 g/mol. The summed E-state index contributed by atoms with van der Waals surface area (Å²) in [5, 5.41) is -0.393. The largest absolute Gasteiger partial charge is 0.490 e. The van der Waals surface area contributed by atoms with Crippen LogP contribution in [0.1, 0.15) is 22.9 Å². The van der Waals surface area contributed by atoms with Gasteiger partial charge in [-0.05, 0) is 35.4 Å². The van der Waals surface area contributed by atoms with Crippen LogP contribution in [-0.4, -0.2) is 13.2 Å². The third kappa shape index (κ3) is 3.09. The third-order valence-electron chi connectivity index (χ3n) is 3.30. The molecule has 0 N–H and O–H groups in total. The molecule has 0 aliphatic carbocycles. The van der Waals surface area contributed by atoms with Crippen LogP contribution >= 0.6 is 23.2 Å². The molecule has 21 heavy (non-hydrogen) atoms. The maximum atomic E-state index is 13.5. The van der Waals surface area contributed by atoms with Crippen molar-refractivity contribution in [3.63, 3.8) is 0 Å². The summed E-state index contributed by atoms with van der Waals surface area (Å²) in [5.74, 6) is 0.904. The molecule has 0 saturated carbocycles. The molecular formula is C16H13Cl2FO2. The van der Waals surface area contributed by atoms with Gasteiger partial charge in [0.15, 0.2) is 11.5 Å². The highest BCUT2D eigenvalue weighted by atomic mass is 35.5. The molecule has 5 heteroatoms. The first-order chi connectivity index (χ1) is 10.1. The number of halogens is 3. The van der Waals surface area contributed by atoms with Crippen molar-refractivity contribution in [2.75, 3.05) is 13.2 Å². The zero-order valence-electron chi connectivity index (χ0n) is 11.1. The SMILES string of the molecule is Fc1cc(C(Cl)c2ccc3c(c2)OCCCO3)ccc1Cl. The first-order valence-electron chi connectivity index (χ1n) is 6.64. The van der Waals surface area contributed by atoms with Gasteiger partial charge in [0.1, 0.15) is 5.82 Å². The predicted molar refractivity (Wildman–Crippen MR) is 81.2 cm³/mol. The van der Waals surface area contributed by atoms with Gasteiger partial charge in [-0.1, -0.05) is 23.7 Å². The summed E-state index contributed by atoms with van der Waals surface area (Å²) in [4.78, 5) is 0. The van der Waals surface area contributed by atoms with Crippen molar-refractivity contribution < 1.29 is 13.9 Å². The van der Waals surface area contributed by atoms with Crippen molar-refractivity contribution in [3.05, 3.63) is 58.4 Å². The molecule has 0 radical (unpaired) electrons. The van der Waals surface area contributed by atoms with E-state index in [0.717, 1.165) is 12.0 Å². The van der Waals surface area contributed by atoms with Crippen LogP contribution in [0.4, 0.5) is 4.39 Å². The molecule has 0 spiro atoms. The highest BCUT2D eigenvalue weighted by molar-refractivity contribution is 6.30. The second-order valence-corrected chi connectivity index (χ2v) is 5.64. The zero-order valence-corrected chi connectivity index (χ0v) is 12.6. The van der Waals surface area contributed by atoms with Gasteiger partial charge in [-0.2, -0.15) is 0 Å². The van der Waals surface area contributed by atoms with Gasteiger partial charge in [-0.15, -0.1) is 11.6 Å². The van der Waals surface area contributed by atoms with Crippen LogP contribution in [0.3, 0.4) is 0 Å². The molecule has 1 atom stereocenters. The predicted octanol–water partition coefficient (Wildman–Crippen LogP) is 4.97. The van der Waals surface area contributed by atoms with E-state index < -0.39 is 11.2 Å². The van der Waals surface area contributed by atoms with Gasteiger partial charge < -0.3 is 9.47 Å². The van der Waals surface area contributed by atoms with Gasteiger partial charge in [-0.25, -0.2) is 4.39 Å². The number of ether oxygens (including phenoxy) is 2. The van der Waals surface area contributed by atoms with Crippen LogP contribution in [0.5, 0.6) is 11.5 Å². The molecule has 2 nitrogen and oxygen atoms in total. The number of rotatable bonds is 2. The lowest BCUT2D eigenvalue weighted by atomic mass is 10.0. The topological polar surface area (TPSA) is 18.5 Å². The smallest absolute Gasteiger partial charge is 0.161 e. The Morgan fingerprint density at radius 3 is 2.38 bits per heavy atom. The zero-order chi connectivity index (χ0) is 14.8. The number of hydrogen-bond acceptors (Lipinski definition) is 2. The Labute approximate surface area is 132 Å². The average Bonchev–Trinajstić information content (AvgIpc) is 2.73. The quantitative estimate of drug-likeness (QED) is 0.725. The molecule has 110 valence electrons. The molecule has 0 amide bonds.